The number of carbonyl (C=O) groups is 4. The summed E-state index contributed by atoms with van der Waals surface area (Å²) in [6, 6.07) is 9.34. The first kappa shape index (κ1) is 18.0. The van der Waals surface area contributed by atoms with E-state index in [1.165, 1.54) is 11.1 Å². The Labute approximate surface area is 170 Å². The van der Waals surface area contributed by atoms with Gasteiger partial charge in [0.1, 0.15) is 6.04 Å². The molecule has 4 amide bonds. The molecule has 2 aromatic carbocycles. The molecule has 1 aromatic heterocycles. The number of hydrogen-bond acceptors (Lipinski definition) is 6. The Hall–Kier alpha value is -4.01. The molecule has 2 aliphatic rings. The van der Waals surface area contributed by atoms with Crippen molar-refractivity contribution in [1.29, 1.82) is 0 Å². The van der Waals surface area contributed by atoms with Crippen LogP contribution in [0.25, 0.3) is 11.0 Å². The summed E-state index contributed by atoms with van der Waals surface area (Å²) in [5, 5.41) is 9.54. The zero-order chi connectivity index (χ0) is 20.8. The van der Waals surface area contributed by atoms with Gasteiger partial charge in [0.15, 0.2) is 5.58 Å². The Kier molecular flexibility index (Phi) is 4.09. The molecule has 0 bridgehead atoms. The SMILES string of the molecule is O=C1CCC(N2Cc3c(NC(=O)c4ccc5oncc5c4)cccc3C2=O)C(=O)N1. The first-order chi connectivity index (χ1) is 14.5. The molecule has 1 fully saturated rings. The number of nitrogens with one attached hydrogen (secondary N) is 2. The molecular formula is C21H16N4O5. The second kappa shape index (κ2) is 6.80. The Morgan fingerprint density at radius 3 is 2.90 bits per heavy atom. The molecule has 2 N–H and O–H groups in total. The average molecular weight is 404 g/mol. The van der Waals surface area contributed by atoms with Gasteiger partial charge in [0, 0.05) is 40.7 Å². The largest absolute Gasteiger partial charge is 0.356 e. The van der Waals surface area contributed by atoms with Crippen molar-refractivity contribution in [3.8, 4) is 0 Å². The van der Waals surface area contributed by atoms with Crippen LogP contribution >= 0.6 is 0 Å². The van der Waals surface area contributed by atoms with Gasteiger partial charge in [0.2, 0.25) is 11.8 Å². The molecule has 2 aliphatic heterocycles. The van der Waals surface area contributed by atoms with E-state index in [-0.39, 0.29) is 37.1 Å². The molecule has 5 rings (SSSR count). The second-order valence-corrected chi connectivity index (χ2v) is 7.26. The maximum absolute atomic E-state index is 12.9. The number of fused-ring (bicyclic) bond motifs is 2. The zero-order valence-corrected chi connectivity index (χ0v) is 15.7. The molecule has 150 valence electrons. The molecule has 1 atom stereocenters. The van der Waals surface area contributed by atoms with Crippen LogP contribution in [0, 0.1) is 0 Å². The number of imide groups is 1. The van der Waals surface area contributed by atoms with Crippen molar-refractivity contribution in [1.82, 2.24) is 15.4 Å². The van der Waals surface area contributed by atoms with E-state index < -0.39 is 11.9 Å². The Bertz CT molecular complexity index is 1230. The van der Waals surface area contributed by atoms with Gasteiger partial charge in [0.05, 0.1) is 6.20 Å². The number of piperidine rings is 1. The predicted octanol–water partition coefficient (Wildman–Crippen LogP) is 1.84. The van der Waals surface area contributed by atoms with Crippen molar-refractivity contribution in [2.45, 2.75) is 25.4 Å². The highest BCUT2D eigenvalue weighted by Crippen LogP contribution is 2.32. The second-order valence-electron chi connectivity index (χ2n) is 7.26. The standard InChI is InChI=1S/C21H16N4O5/c26-18-7-5-16(20(28)24-18)25-10-14-13(21(25)29)2-1-3-15(14)23-19(27)11-4-6-17-12(8-11)9-22-30-17/h1-4,6,8-9,16H,5,7,10H2,(H,23,27)(H,24,26,28). The number of nitrogens with zero attached hydrogens (tertiary/aromatic N) is 2. The van der Waals surface area contributed by atoms with Crippen LogP contribution in [0.15, 0.2) is 47.1 Å². The minimum absolute atomic E-state index is 0.182. The van der Waals surface area contributed by atoms with Crippen LogP contribution < -0.4 is 10.6 Å². The van der Waals surface area contributed by atoms with Crippen LogP contribution in [-0.2, 0) is 16.1 Å². The molecule has 1 saturated heterocycles. The summed E-state index contributed by atoms with van der Waals surface area (Å²) in [7, 11) is 0. The highest BCUT2D eigenvalue weighted by Gasteiger charge is 2.39. The average Bonchev–Trinajstić information content (AvgIpc) is 3.33. The van der Waals surface area contributed by atoms with E-state index >= 15 is 0 Å². The van der Waals surface area contributed by atoms with E-state index in [9.17, 15) is 19.2 Å². The molecule has 9 nitrogen and oxygen atoms in total. The Balaban J connectivity index is 1.40. The lowest BCUT2D eigenvalue weighted by atomic mass is 10.0. The van der Waals surface area contributed by atoms with Crippen LogP contribution in [-0.4, -0.2) is 39.7 Å². The molecule has 3 heterocycles. The van der Waals surface area contributed by atoms with Gasteiger partial charge in [-0.1, -0.05) is 11.2 Å². The van der Waals surface area contributed by atoms with E-state index in [0.717, 1.165) is 0 Å². The fourth-order valence-corrected chi connectivity index (χ4v) is 3.91. The molecule has 0 radical (unpaired) electrons. The molecule has 9 heteroatoms. The van der Waals surface area contributed by atoms with Crippen molar-refractivity contribution in [2.24, 2.45) is 0 Å². The van der Waals surface area contributed by atoms with Gasteiger partial charge in [-0.25, -0.2) is 0 Å². The third-order valence-electron chi connectivity index (χ3n) is 5.45. The third-order valence-corrected chi connectivity index (χ3v) is 5.45. The van der Waals surface area contributed by atoms with Gasteiger partial charge in [-0.3, -0.25) is 24.5 Å². The fraction of sp³-hybridized carbons (Fsp3) is 0.190. The number of aromatic nitrogens is 1. The van der Waals surface area contributed by atoms with Gasteiger partial charge >= 0.3 is 0 Å². The Morgan fingerprint density at radius 1 is 1.20 bits per heavy atom. The van der Waals surface area contributed by atoms with Gasteiger partial charge < -0.3 is 14.7 Å². The van der Waals surface area contributed by atoms with Crippen molar-refractivity contribution in [2.75, 3.05) is 5.32 Å². The van der Waals surface area contributed by atoms with E-state index in [4.69, 9.17) is 4.52 Å². The predicted molar refractivity (Wildman–Crippen MR) is 104 cm³/mol. The number of amides is 4. The van der Waals surface area contributed by atoms with E-state index in [1.54, 1.807) is 36.4 Å². The van der Waals surface area contributed by atoms with Crippen LogP contribution in [0.3, 0.4) is 0 Å². The quantitative estimate of drug-likeness (QED) is 0.643. The van der Waals surface area contributed by atoms with Crippen LogP contribution in [0.4, 0.5) is 5.69 Å². The van der Waals surface area contributed by atoms with Crippen molar-refractivity contribution >= 4 is 40.3 Å². The maximum Gasteiger partial charge on any atom is 0.255 e. The highest BCUT2D eigenvalue weighted by atomic mass is 16.5. The van der Waals surface area contributed by atoms with Crippen molar-refractivity contribution < 1.29 is 23.7 Å². The normalized spacial score (nSPS) is 18.5. The summed E-state index contributed by atoms with van der Waals surface area (Å²) < 4.78 is 5.05. The highest BCUT2D eigenvalue weighted by molar-refractivity contribution is 6.09. The van der Waals surface area contributed by atoms with Crippen LogP contribution in [0.2, 0.25) is 0 Å². The lowest BCUT2D eigenvalue weighted by molar-refractivity contribution is -0.136. The minimum atomic E-state index is -0.706. The molecule has 0 saturated carbocycles. The van der Waals surface area contributed by atoms with Gasteiger partial charge in [-0.05, 0) is 36.8 Å². The van der Waals surface area contributed by atoms with E-state index in [2.05, 4.69) is 15.8 Å². The van der Waals surface area contributed by atoms with Gasteiger partial charge in [-0.15, -0.1) is 0 Å². The molecule has 30 heavy (non-hydrogen) atoms. The first-order valence-electron chi connectivity index (χ1n) is 9.43. The minimum Gasteiger partial charge on any atom is -0.356 e. The molecule has 3 aromatic rings. The number of carbonyl (C=O) groups excluding carboxylic acids is 4. The van der Waals surface area contributed by atoms with Crippen molar-refractivity contribution in [3.05, 3.63) is 59.3 Å². The lowest BCUT2D eigenvalue weighted by Crippen LogP contribution is -2.52. The monoisotopic (exact) mass is 404 g/mol. The topological polar surface area (TPSA) is 122 Å². The zero-order valence-electron chi connectivity index (χ0n) is 15.7. The molecule has 0 spiro atoms. The van der Waals surface area contributed by atoms with Gasteiger partial charge in [-0.2, -0.15) is 0 Å². The van der Waals surface area contributed by atoms with Crippen molar-refractivity contribution in [3.63, 3.8) is 0 Å². The number of benzene rings is 2. The number of rotatable bonds is 3. The summed E-state index contributed by atoms with van der Waals surface area (Å²) in [5.74, 6) is -1.43. The fourth-order valence-electron chi connectivity index (χ4n) is 3.91. The number of anilines is 1. The summed E-state index contributed by atoms with van der Waals surface area (Å²) >= 11 is 0. The van der Waals surface area contributed by atoms with Crippen LogP contribution in [0.5, 0.6) is 0 Å². The third kappa shape index (κ3) is 2.91. The summed E-state index contributed by atoms with van der Waals surface area (Å²) in [5.41, 5.74) is 2.59. The maximum atomic E-state index is 12.9. The number of hydrogen-bond donors (Lipinski definition) is 2. The summed E-state index contributed by atoms with van der Waals surface area (Å²) in [6.45, 7) is 0.182. The van der Waals surface area contributed by atoms with Crippen LogP contribution in [0.1, 0.15) is 39.1 Å². The molecular weight excluding hydrogens is 388 g/mol. The summed E-state index contributed by atoms with van der Waals surface area (Å²) in [6.07, 6.45) is 2.00. The molecule has 1 unspecified atom stereocenters. The lowest BCUT2D eigenvalue weighted by Gasteiger charge is -2.29. The smallest absolute Gasteiger partial charge is 0.255 e. The van der Waals surface area contributed by atoms with Gasteiger partial charge in [0.25, 0.3) is 11.8 Å². The summed E-state index contributed by atoms with van der Waals surface area (Å²) in [4.78, 5) is 50.7. The molecule has 0 aliphatic carbocycles. The van der Waals surface area contributed by atoms with E-state index in [1.807, 2.05) is 0 Å². The van der Waals surface area contributed by atoms with E-state index in [0.29, 0.717) is 33.3 Å². The first-order valence-corrected chi connectivity index (χ1v) is 9.43. The Morgan fingerprint density at radius 2 is 2.07 bits per heavy atom.